The highest BCUT2D eigenvalue weighted by Gasteiger charge is 2.59. The molecule has 0 bridgehead atoms. The maximum atomic E-state index is 12.1. The lowest BCUT2D eigenvalue weighted by atomic mass is 9.45. The number of hydrogen-bond donors (Lipinski definition) is 3. The fraction of sp³-hybridized carbons (Fsp3) is 0.750. The number of hydrogen-bond acceptors (Lipinski definition) is 4. The van der Waals surface area contributed by atoms with E-state index in [1.165, 1.54) is 0 Å². The largest absolute Gasteiger partial charge is 0.392 e. The summed E-state index contributed by atoms with van der Waals surface area (Å²) in [4.78, 5) is 12.1. The van der Waals surface area contributed by atoms with Crippen molar-refractivity contribution in [2.45, 2.75) is 59.0 Å². The normalized spacial score (nSPS) is 40.0. The van der Waals surface area contributed by atoms with E-state index >= 15 is 0 Å². The van der Waals surface area contributed by atoms with Crippen LogP contribution in [0.15, 0.2) is 23.3 Å². The van der Waals surface area contributed by atoms with Gasteiger partial charge in [-0.05, 0) is 61.9 Å². The van der Waals surface area contributed by atoms with E-state index in [1.807, 2.05) is 6.92 Å². The fourth-order valence-corrected chi connectivity index (χ4v) is 5.15. The Morgan fingerprint density at radius 2 is 2.12 bits per heavy atom. The first-order valence-electron chi connectivity index (χ1n) is 9.08. The Kier molecular flexibility index (Phi) is 6.05. The zero-order chi connectivity index (χ0) is 18.0. The van der Waals surface area contributed by atoms with Crippen molar-refractivity contribution in [3.63, 3.8) is 0 Å². The van der Waals surface area contributed by atoms with Crippen LogP contribution in [-0.4, -0.2) is 40.9 Å². The van der Waals surface area contributed by atoms with E-state index in [2.05, 4.69) is 19.9 Å². The molecule has 136 valence electrons. The summed E-state index contributed by atoms with van der Waals surface area (Å²) in [6, 6.07) is 0. The molecule has 0 heterocycles. The third-order valence-electron chi connectivity index (χ3n) is 6.98. The molecule has 1 saturated carbocycles. The van der Waals surface area contributed by atoms with Crippen LogP contribution in [0.25, 0.3) is 0 Å². The summed E-state index contributed by atoms with van der Waals surface area (Å²) in [6.45, 7) is 6.27. The molecule has 0 amide bonds. The van der Waals surface area contributed by atoms with Gasteiger partial charge in [0.25, 0.3) is 0 Å². The van der Waals surface area contributed by atoms with Crippen molar-refractivity contribution in [2.24, 2.45) is 22.7 Å². The van der Waals surface area contributed by atoms with Crippen LogP contribution >= 0.6 is 0 Å². The molecular weight excluding hydrogens is 304 g/mol. The van der Waals surface area contributed by atoms with Crippen LogP contribution in [0.2, 0.25) is 0 Å². The lowest BCUT2D eigenvalue weighted by Crippen LogP contribution is -2.58. The van der Waals surface area contributed by atoms with Gasteiger partial charge in [0.15, 0.2) is 0 Å². The van der Waals surface area contributed by atoms with E-state index in [4.69, 9.17) is 5.11 Å². The molecule has 1 fully saturated rings. The highest BCUT2D eigenvalue weighted by molar-refractivity contribution is 5.68. The standard InChI is InChI=1S/C20H32O4/c1-14-5-4-6-17-19(3,9-7-16(12-22)8-10-21)15(2)11-18(24)20(14,17)13-23/h5,8,13,15,17-18,21-22,24H,4,6-7,9-12H2,1-3H3. The first-order valence-corrected chi connectivity index (χ1v) is 9.08. The van der Waals surface area contributed by atoms with Crippen molar-refractivity contribution in [3.8, 4) is 0 Å². The van der Waals surface area contributed by atoms with Crippen LogP contribution in [0.5, 0.6) is 0 Å². The number of carbonyl (C=O) groups excluding carboxylic acids is 1. The van der Waals surface area contributed by atoms with E-state index in [0.717, 1.165) is 36.7 Å². The van der Waals surface area contributed by atoms with E-state index in [-0.39, 0.29) is 24.5 Å². The molecule has 0 spiro atoms. The van der Waals surface area contributed by atoms with Crippen molar-refractivity contribution in [3.05, 3.63) is 23.3 Å². The molecule has 0 saturated heterocycles. The predicted molar refractivity (Wildman–Crippen MR) is 94.4 cm³/mol. The molecule has 0 aliphatic heterocycles. The second-order valence-corrected chi connectivity index (χ2v) is 7.93. The number of fused-ring (bicyclic) bond motifs is 1. The van der Waals surface area contributed by atoms with Gasteiger partial charge in [0.1, 0.15) is 6.29 Å². The monoisotopic (exact) mass is 336 g/mol. The van der Waals surface area contributed by atoms with Crippen molar-refractivity contribution >= 4 is 6.29 Å². The highest BCUT2D eigenvalue weighted by atomic mass is 16.3. The zero-order valence-electron chi connectivity index (χ0n) is 15.2. The Labute approximate surface area is 145 Å². The van der Waals surface area contributed by atoms with Gasteiger partial charge in [-0.3, -0.25) is 0 Å². The molecule has 0 aromatic heterocycles. The summed E-state index contributed by atoms with van der Waals surface area (Å²) < 4.78 is 0. The number of aldehydes is 1. The first-order chi connectivity index (χ1) is 11.4. The minimum atomic E-state index is -0.764. The minimum Gasteiger partial charge on any atom is -0.392 e. The maximum absolute atomic E-state index is 12.1. The Balaban J connectivity index is 2.36. The molecule has 2 aliphatic rings. The van der Waals surface area contributed by atoms with Crippen molar-refractivity contribution in [2.75, 3.05) is 13.2 Å². The molecule has 4 nitrogen and oxygen atoms in total. The number of allylic oxidation sites excluding steroid dienone is 1. The molecular formula is C20H32O4. The summed E-state index contributed by atoms with van der Waals surface area (Å²) in [5.74, 6) is 0.408. The number of rotatable bonds is 6. The second kappa shape index (κ2) is 7.51. The average Bonchev–Trinajstić information content (AvgIpc) is 2.57. The zero-order valence-corrected chi connectivity index (χ0v) is 15.2. The van der Waals surface area contributed by atoms with Gasteiger partial charge in [0.05, 0.1) is 24.7 Å². The summed E-state index contributed by atoms with van der Waals surface area (Å²) >= 11 is 0. The molecule has 24 heavy (non-hydrogen) atoms. The lowest BCUT2D eigenvalue weighted by Gasteiger charge is -2.59. The summed E-state index contributed by atoms with van der Waals surface area (Å²) in [6.07, 6.45) is 8.18. The SMILES string of the molecule is CC1=CCCC2C(C)(CCC(=CCO)CO)C(C)CC(O)C12C=O. The van der Waals surface area contributed by atoms with E-state index < -0.39 is 11.5 Å². The van der Waals surface area contributed by atoms with Crippen LogP contribution in [0.4, 0.5) is 0 Å². The van der Waals surface area contributed by atoms with E-state index in [1.54, 1.807) is 6.08 Å². The first kappa shape index (κ1) is 19.4. The number of aliphatic hydroxyl groups excluding tert-OH is 3. The fourth-order valence-electron chi connectivity index (χ4n) is 5.15. The molecule has 2 rings (SSSR count). The van der Waals surface area contributed by atoms with Gasteiger partial charge in [-0.15, -0.1) is 0 Å². The van der Waals surface area contributed by atoms with Crippen LogP contribution in [0, 0.1) is 22.7 Å². The lowest BCUT2D eigenvalue weighted by molar-refractivity contribution is -0.151. The molecule has 4 heteroatoms. The molecule has 5 unspecified atom stereocenters. The smallest absolute Gasteiger partial charge is 0.133 e. The molecule has 0 aromatic rings. The van der Waals surface area contributed by atoms with Gasteiger partial charge >= 0.3 is 0 Å². The number of aliphatic hydroxyl groups is 3. The second-order valence-electron chi connectivity index (χ2n) is 7.93. The minimum absolute atomic E-state index is 0.0456. The van der Waals surface area contributed by atoms with Crippen molar-refractivity contribution in [1.29, 1.82) is 0 Å². The van der Waals surface area contributed by atoms with Crippen molar-refractivity contribution < 1.29 is 20.1 Å². The maximum Gasteiger partial charge on any atom is 0.133 e. The van der Waals surface area contributed by atoms with Crippen LogP contribution in [0.1, 0.15) is 52.9 Å². The Bertz CT molecular complexity index is 524. The molecule has 5 atom stereocenters. The van der Waals surface area contributed by atoms with Crippen LogP contribution < -0.4 is 0 Å². The van der Waals surface area contributed by atoms with Gasteiger partial charge in [0.2, 0.25) is 0 Å². The van der Waals surface area contributed by atoms with Crippen molar-refractivity contribution in [1.82, 2.24) is 0 Å². The molecule has 0 radical (unpaired) electrons. The van der Waals surface area contributed by atoms with Gasteiger partial charge in [-0.2, -0.15) is 0 Å². The number of carbonyl (C=O) groups is 1. The highest BCUT2D eigenvalue weighted by Crippen LogP contribution is 2.61. The Morgan fingerprint density at radius 3 is 2.71 bits per heavy atom. The van der Waals surface area contributed by atoms with Gasteiger partial charge < -0.3 is 20.1 Å². The molecule has 2 aliphatic carbocycles. The summed E-state index contributed by atoms with van der Waals surface area (Å²) in [5.41, 5.74) is 1.00. The third-order valence-corrected chi connectivity index (χ3v) is 6.98. The summed E-state index contributed by atoms with van der Waals surface area (Å²) in [5, 5.41) is 29.3. The van der Waals surface area contributed by atoms with Crippen LogP contribution in [-0.2, 0) is 4.79 Å². The van der Waals surface area contributed by atoms with Gasteiger partial charge in [-0.25, -0.2) is 0 Å². The average molecular weight is 336 g/mol. The summed E-state index contributed by atoms with van der Waals surface area (Å²) in [7, 11) is 0. The Hall–Kier alpha value is -0.970. The van der Waals surface area contributed by atoms with Crippen LogP contribution in [0.3, 0.4) is 0 Å². The Morgan fingerprint density at radius 1 is 1.42 bits per heavy atom. The molecule has 0 aromatic carbocycles. The van der Waals surface area contributed by atoms with Gasteiger partial charge in [-0.1, -0.05) is 31.6 Å². The molecule has 3 N–H and O–H groups in total. The predicted octanol–water partition coefficient (Wildman–Crippen LogP) is 2.63. The van der Waals surface area contributed by atoms with E-state index in [9.17, 15) is 15.0 Å². The third kappa shape index (κ3) is 3.00. The topological polar surface area (TPSA) is 77.8 Å². The van der Waals surface area contributed by atoms with E-state index in [0.29, 0.717) is 18.8 Å². The quantitative estimate of drug-likeness (QED) is 0.515. The van der Waals surface area contributed by atoms with Gasteiger partial charge in [0, 0.05) is 0 Å².